The fourth-order valence-electron chi connectivity index (χ4n) is 4.83. The molecular formula is C39H38Br2N4O8. The number of rotatable bonds is 18. The summed E-state index contributed by atoms with van der Waals surface area (Å²) in [6, 6.07) is 23.8. The van der Waals surface area contributed by atoms with Crippen LogP contribution < -0.4 is 29.8 Å². The third-order valence-corrected chi connectivity index (χ3v) is 8.96. The lowest BCUT2D eigenvalue weighted by molar-refractivity contribution is -0.121. The molecule has 0 radical (unpaired) electrons. The van der Waals surface area contributed by atoms with E-state index in [0.717, 1.165) is 19.3 Å². The third-order valence-electron chi connectivity index (χ3n) is 7.58. The predicted molar refractivity (Wildman–Crippen MR) is 208 cm³/mol. The summed E-state index contributed by atoms with van der Waals surface area (Å²) < 4.78 is 23.0. The summed E-state index contributed by atoms with van der Waals surface area (Å²) in [4.78, 5) is 49.6. The molecule has 0 aliphatic heterocycles. The van der Waals surface area contributed by atoms with Crippen molar-refractivity contribution >= 4 is 68.0 Å². The van der Waals surface area contributed by atoms with Crippen molar-refractivity contribution in [2.75, 3.05) is 14.2 Å². The SMILES string of the molecule is COc1cc(C=NNC(=O)CCCCCCCC(=O)NN=Cc2ccc(OC(=O)c3ccccc3Br)c(OC)c2)ccc1OC(=O)c1ccccc1Br. The average Bonchev–Trinajstić information content (AvgIpc) is 3.15. The van der Waals surface area contributed by atoms with Crippen LogP contribution in [-0.2, 0) is 9.59 Å². The van der Waals surface area contributed by atoms with Crippen molar-refractivity contribution in [2.24, 2.45) is 10.2 Å². The van der Waals surface area contributed by atoms with E-state index in [9.17, 15) is 19.2 Å². The summed E-state index contributed by atoms with van der Waals surface area (Å²) in [6.45, 7) is 0. The number of nitrogens with one attached hydrogen (secondary N) is 2. The van der Waals surface area contributed by atoms with Gasteiger partial charge in [-0.1, -0.05) is 43.5 Å². The molecule has 0 spiro atoms. The lowest BCUT2D eigenvalue weighted by atomic mass is 10.1. The van der Waals surface area contributed by atoms with Gasteiger partial charge in [-0.05, 0) is 116 Å². The number of methoxy groups -OCH3 is 2. The highest BCUT2D eigenvalue weighted by Gasteiger charge is 2.16. The Morgan fingerprint density at radius 1 is 0.566 bits per heavy atom. The highest BCUT2D eigenvalue weighted by atomic mass is 79.9. The minimum absolute atomic E-state index is 0.210. The molecule has 53 heavy (non-hydrogen) atoms. The van der Waals surface area contributed by atoms with Crippen LogP contribution in [0.3, 0.4) is 0 Å². The lowest BCUT2D eigenvalue weighted by Gasteiger charge is -2.10. The first-order valence-corrected chi connectivity index (χ1v) is 18.2. The molecule has 14 heteroatoms. The molecule has 0 atom stereocenters. The fourth-order valence-corrected chi connectivity index (χ4v) is 5.72. The first-order valence-electron chi connectivity index (χ1n) is 16.6. The van der Waals surface area contributed by atoms with E-state index in [1.54, 1.807) is 84.9 Å². The van der Waals surface area contributed by atoms with Gasteiger partial charge in [-0.2, -0.15) is 10.2 Å². The van der Waals surface area contributed by atoms with Crippen molar-refractivity contribution in [3.63, 3.8) is 0 Å². The molecule has 0 aliphatic rings. The van der Waals surface area contributed by atoms with Crippen LogP contribution in [0.25, 0.3) is 0 Å². The van der Waals surface area contributed by atoms with Crippen molar-refractivity contribution < 1.29 is 38.1 Å². The summed E-state index contributed by atoms with van der Waals surface area (Å²) in [6.07, 6.45) is 7.52. The van der Waals surface area contributed by atoms with E-state index in [-0.39, 0.29) is 23.3 Å². The van der Waals surface area contributed by atoms with Crippen molar-refractivity contribution in [3.05, 3.63) is 116 Å². The number of hydrogen-bond donors (Lipinski definition) is 2. The minimum atomic E-state index is -0.529. The van der Waals surface area contributed by atoms with Crippen LogP contribution in [0.2, 0.25) is 0 Å². The number of carbonyl (C=O) groups excluding carboxylic acids is 4. The maximum absolute atomic E-state index is 12.6. The molecule has 4 rings (SSSR count). The monoisotopic (exact) mass is 848 g/mol. The van der Waals surface area contributed by atoms with Crippen LogP contribution >= 0.6 is 31.9 Å². The molecule has 0 saturated heterocycles. The van der Waals surface area contributed by atoms with E-state index in [0.29, 0.717) is 68.4 Å². The lowest BCUT2D eigenvalue weighted by Crippen LogP contribution is -2.17. The van der Waals surface area contributed by atoms with Gasteiger partial charge in [0.05, 0.1) is 37.8 Å². The summed E-state index contributed by atoms with van der Waals surface area (Å²) in [5.41, 5.74) is 7.10. The van der Waals surface area contributed by atoms with E-state index in [4.69, 9.17) is 18.9 Å². The summed E-state index contributed by atoms with van der Waals surface area (Å²) >= 11 is 6.69. The smallest absolute Gasteiger partial charge is 0.344 e. The maximum atomic E-state index is 12.6. The standard InChI is InChI=1S/C39H38Br2N4O8/c1-50-34-22-26(18-20-32(34)52-38(48)28-12-8-10-14-30(28)40)24-42-44-36(46)16-6-4-3-5-7-17-37(47)45-43-25-27-19-21-33(35(23-27)51-2)53-39(49)29-13-9-11-15-31(29)41/h8-15,18-25H,3-7,16-17H2,1-2H3,(H,44,46)(H,45,47). The number of carbonyl (C=O) groups is 4. The van der Waals surface area contributed by atoms with E-state index in [1.807, 2.05) is 0 Å². The summed E-state index contributed by atoms with van der Waals surface area (Å²) in [5.74, 6) is -0.290. The van der Waals surface area contributed by atoms with E-state index in [2.05, 4.69) is 52.9 Å². The van der Waals surface area contributed by atoms with Gasteiger partial charge < -0.3 is 18.9 Å². The van der Waals surface area contributed by atoms with Gasteiger partial charge >= 0.3 is 11.9 Å². The normalized spacial score (nSPS) is 10.9. The molecule has 0 fully saturated rings. The number of halogens is 2. The van der Waals surface area contributed by atoms with Crippen molar-refractivity contribution in [3.8, 4) is 23.0 Å². The molecule has 0 heterocycles. The van der Waals surface area contributed by atoms with Gasteiger partial charge in [-0.15, -0.1) is 0 Å². The zero-order valence-corrected chi connectivity index (χ0v) is 32.3. The van der Waals surface area contributed by atoms with Gasteiger partial charge in [0.25, 0.3) is 0 Å². The molecule has 276 valence electrons. The van der Waals surface area contributed by atoms with Crippen LogP contribution in [-0.4, -0.2) is 50.4 Å². The number of hydrogen-bond acceptors (Lipinski definition) is 10. The quantitative estimate of drug-likeness (QED) is 0.0336. The van der Waals surface area contributed by atoms with Crippen LogP contribution in [0, 0.1) is 0 Å². The number of ether oxygens (including phenoxy) is 4. The second-order valence-electron chi connectivity index (χ2n) is 11.4. The van der Waals surface area contributed by atoms with Crippen molar-refractivity contribution in [2.45, 2.75) is 44.9 Å². The number of hydrazone groups is 2. The predicted octanol–water partition coefficient (Wildman–Crippen LogP) is 8.00. The molecule has 4 aromatic rings. The molecule has 0 unspecified atom stereocenters. The van der Waals surface area contributed by atoms with Gasteiger partial charge in [-0.25, -0.2) is 20.4 Å². The average molecular weight is 851 g/mol. The Balaban J connectivity index is 1.08. The third kappa shape index (κ3) is 13.0. The molecule has 12 nitrogen and oxygen atoms in total. The first kappa shape index (κ1) is 40.4. The van der Waals surface area contributed by atoms with E-state index < -0.39 is 11.9 Å². The van der Waals surface area contributed by atoms with Crippen LogP contribution in [0.1, 0.15) is 76.8 Å². The molecule has 2 N–H and O–H groups in total. The number of esters is 2. The summed E-state index contributed by atoms with van der Waals surface area (Å²) in [7, 11) is 2.93. The van der Waals surface area contributed by atoms with Gasteiger partial charge in [0.1, 0.15) is 0 Å². The first-order chi connectivity index (χ1) is 25.7. The molecule has 0 aliphatic carbocycles. The second-order valence-corrected chi connectivity index (χ2v) is 13.1. The second kappa shape index (κ2) is 21.2. The molecule has 4 aromatic carbocycles. The Morgan fingerprint density at radius 2 is 0.962 bits per heavy atom. The molecule has 0 bridgehead atoms. The minimum Gasteiger partial charge on any atom is -0.493 e. The Labute approximate surface area is 324 Å². The van der Waals surface area contributed by atoms with Gasteiger partial charge in [0.15, 0.2) is 23.0 Å². The summed E-state index contributed by atoms with van der Waals surface area (Å²) in [5, 5.41) is 8.04. The number of amides is 2. The van der Waals surface area contributed by atoms with E-state index in [1.165, 1.54) is 26.6 Å². The van der Waals surface area contributed by atoms with Gasteiger partial charge in [0.2, 0.25) is 11.8 Å². The highest BCUT2D eigenvalue weighted by Crippen LogP contribution is 2.30. The van der Waals surface area contributed by atoms with Gasteiger partial charge in [0, 0.05) is 21.8 Å². The Hall–Kier alpha value is -5.34. The van der Waals surface area contributed by atoms with E-state index >= 15 is 0 Å². The van der Waals surface area contributed by atoms with Crippen LogP contribution in [0.5, 0.6) is 23.0 Å². The Bertz CT molecular complexity index is 1830. The van der Waals surface area contributed by atoms with Crippen LogP contribution in [0.15, 0.2) is 104 Å². The van der Waals surface area contributed by atoms with Crippen molar-refractivity contribution in [1.82, 2.24) is 10.9 Å². The number of nitrogens with zero attached hydrogens (tertiary/aromatic N) is 2. The zero-order valence-electron chi connectivity index (χ0n) is 29.1. The Morgan fingerprint density at radius 3 is 1.36 bits per heavy atom. The number of unbranched alkanes of at least 4 members (excludes halogenated alkanes) is 4. The van der Waals surface area contributed by atoms with Gasteiger partial charge in [-0.3, -0.25) is 9.59 Å². The largest absolute Gasteiger partial charge is 0.493 e. The van der Waals surface area contributed by atoms with Crippen LogP contribution in [0.4, 0.5) is 0 Å². The fraction of sp³-hybridized carbons (Fsp3) is 0.231. The molecular weight excluding hydrogens is 812 g/mol. The molecule has 2 amide bonds. The molecule has 0 aromatic heterocycles. The number of benzene rings is 4. The topological polar surface area (TPSA) is 154 Å². The highest BCUT2D eigenvalue weighted by molar-refractivity contribution is 9.10. The van der Waals surface area contributed by atoms with Crippen molar-refractivity contribution in [1.29, 1.82) is 0 Å². The Kier molecular flexibility index (Phi) is 16.2. The maximum Gasteiger partial charge on any atom is 0.344 e. The zero-order chi connectivity index (χ0) is 38.0. The molecule has 0 saturated carbocycles.